The van der Waals surface area contributed by atoms with Gasteiger partial charge in [0.25, 0.3) is 0 Å². The molecular weight excluding hydrogens is 307 g/mol. The first-order valence-corrected chi connectivity index (χ1v) is 8.18. The van der Waals surface area contributed by atoms with Crippen molar-refractivity contribution < 1.29 is 14.3 Å². The van der Waals surface area contributed by atoms with Crippen molar-refractivity contribution in [1.82, 2.24) is 9.88 Å². The Bertz CT molecular complexity index is 690. The van der Waals surface area contributed by atoms with Crippen molar-refractivity contribution in [2.24, 2.45) is 5.41 Å². The highest BCUT2D eigenvalue weighted by Gasteiger charge is 2.42. The van der Waals surface area contributed by atoms with Crippen molar-refractivity contribution >= 4 is 5.97 Å². The Morgan fingerprint density at radius 1 is 1.25 bits per heavy atom. The number of hydrogen-bond donors (Lipinski definition) is 1. The lowest BCUT2D eigenvalue weighted by molar-refractivity contribution is -0.152. The van der Waals surface area contributed by atoms with Crippen LogP contribution in [0.25, 0.3) is 0 Å². The molecule has 126 valence electrons. The second-order valence-electron chi connectivity index (χ2n) is 6.52. The number of piperidine rings is 1. The molecule has 2 aromatic rings. The Balaban J connectivity index is 1.76. The van der Waals surface area contributed by atoms with Crippen LogP contribution in [0.1, 0.15) is 24.1 Å². The number of carboxylic acid groups (broad SMARTS) is 1. The molecule has 4 nitrogen and oxygen atoms in total. The molecule has 1 saturated heterocycles. The molecule has 1 atom stereocenters. The number of nitrogens with zero attached hydrogens (tertiary/aromatic N) is 2. The van der Waals surface area contributed by atoms with Gasteiger partial charge >= 0.3 is 5.97 Å². The van der Waals surface area contributed by atoms with E-state index in [0.717, 1.165) is 24.2 Å². The number of hydrogen-bond acceptors (Lipinski definition) is 3. The molecular formula is C19H21FN2O2. The third-order valence-corrected chi connectivity index (χ3v) is 4.68. The molecule has 5 heteroatoms. The highest BCUT2D eigenvalue weighted by molar-refractivity contribution is 5.75. The standard InChI is InChI=1S/C19H21FN2O2/c20-16-7-5-15(6-8-16)12-19(18(23)24)9-3-11-22(14-19)13-17-4-1-2-10-21-17/h1-2,4-8,10H,3,9,11-14H2,(H,23,24)/t19-/m0/s1. The number of rotatable bonds is 5. The smallest absolute Gasteiger partial charge is 0.311 e. The van der Waals surface area contributed by atoms with Gasteiger partial charge in [-0.25, -0.2) is 4.39 Å². The van der Waals surface area contributed by atoms with Crippen LogP contribution in [0.2, 0.25) is 0 Å². The predicted molar refractivity (Wildman–Crippen MR) is 88.9 cm³/mol. The van der Waals surface area contributed by atoms with Crippen molar-refractivity contribution in [3.05, 3.63) is 65.7 Å². The Kier molecular flexibility index (Phi) is 4.90. The van der Waals surface area contributed by atoms with Gasteiger partial charge < -0.3 is 5.11 Å². The Labute approximate surface area is 141 Å². The molecule has 0 radical (unpaired) electrons. The molecule has 1 aliphatic heterocycles. The molecule has 3 rings (SSSR count). The van der Waals surface area contributed by atoms with E-state index in [-0.39, 0.29) is 5.82 Å². The van der Waals surface area contributed by atoms with Crippen molar-refractivity contribution in [3.63, 3.8) is 0 Å². The number of aromatic nitrogens is 1. The summed E-state index contributed by atoms with van der Waals surface area (Å²) in [7, 11) is 0. The summed E-state index contributed by atoms with van der Waals surface area (Å²) in [5, 5.41) is 9.87. The van der Waals surface area contributed by atoms with Gasteiger partial charge in [0, 0.05) is 19.3 Å². The zero-order valence-electron chi connectivity index (χ0n) is 13.5. The third kappa shape index (κ3) is 3.79. The van der Waals surface area contributed by atoms with E-state index in [4.69, 9.17) is 0 Å². The molecule has 0 unspecified atom stereocenters. The fourth-order valence-corrected chi connectivity index (χ4v) is 3.47. The van der Waals surface area contributed by atoms with Crippen LogP contribution in [0.4, 0.5) is 4.39 Å². The van der Waals surface area contributed by atoms with E-state index in [0.29, 0.717) is 25.9 Å². The molecule has 0 bridgehead atoms. The van der Waals surface area contributed by atoms with E-state index in [9.17, 15) is 14.3 Å². The number of aliphatic carboxylic acids is 1. The summed E-state index contributed by atoms with van der Waals surface area (Å²) >= 11 is 0. The number of pyridine rings is 1. The van der Waals surface area contributed by atoms with E-state index in [1.54, 1.807) is 18.3 Å². The number of benzene rings is 1. The maximum absolute atomic E-state index is 13.1. The van der Waals surface area contributed by atoms with Gasteiger partial charge in [-0.05, 0) is 55.6 Å². The van der Waals surface area contributed by atoms with Crippen LogP contribution < -0.4 is 0 Å². The fourth-order valence-electron chi connectivity index (χ4n) is 3.47. The highest BCUT2D eigenvalue weighted by Crippen LogP contribution is 2.34. The summed E-state index contributed by atoms with van der Waals surface area (Å²) in [5.74, 6) is -1.08. The minimum absolute atomic E-state index is 0.302. The number of halogens is 1. The number of carboxylic acids is 1. The van der Waals surface area contributed by atoms with Crippen molar-refractivity contribution in [2.75, 3.05) is 13.1 Å². The summed E-state index contributed by atoms with van der Waals surface area (Å²) in [6.45, 7) is 2.00. The molecule has 2 heterocycles. The summed E-state index contributed by atoms with van der Waals surface area (Å²) in [4.78, 5) is 18.5. The first-order chi connectivity index (χ1) is 11.6. The summed E-state index contributed by atoms with van der Waals surface area (Å²) in [6, 6.07) is 11.9. The van der Waals surface area contributed by atoms with Gasteiger partial charge in [-0.1, -0.05) is 18.2 Å². The molecule has 24 heavy (non-hydrogen) atoms. The third-order valence-electron chi connectivity index (χ3n) is 4.68. The van der Waals surface area contributed by atoms with Gasteiger partial charge in [-0.3, -0.25) is 14.7 Å². The van der Waals surface area contributed by atoms with Gasteiger partial charge in [0.05, 0.1) is 11.1 Å². The molecule has 1 N–H and O–H groups in total. The average molecular weight is 328 g/mol. The van der Waals surface area contributed by atoms with Crippen LogP contribution in [-0.2, 0) is 17.8 Å². The van der Waals surface area contributed by atoms with Crippen molar-refractivity contribution in [3.8, 4) is 0 Å². The lowest BCUT2D eigenvalue weighted by Crippen LogP contribution is -2.48. The van der Waals surface area contributed by atoms with Crippen LogP contribution in [-0.4, -0.2) is 34.0 Å². The van der Waals surface area contributed by atoms with Gasteiger partial charge in [-0.15, -0.1) is 0 Å². The Morgan fingerprint density at radius 3 is 2.71 bits per heavy atom. The summed E-state index contributed by atoms with van der Waals surface area (Å²) in [6.07, 6.45) is 3.64. The van der Waals surface area contributed by atoms with Crippen molar-refractivity contribution in [1.29, 1.82) is 0 Å². The highest BCUT2D eigenvalue weighted by atomic mass is 19.1. The summed E-state index contributed by atoms with van der Waals surface area (Å²) in [5.41, 5.74) is 0.976. The van der Waals surface area contributed by atoms with Crippen molar-refractivity contribution in [2.45, 2.75) is 25.8 Å². The monoisotopic (exact) mass is 328 g/mol. The van der Waals surface area contributed by atoms with E-state index in [2.05, 4.69) is 9.88 Å². The molecule has 1 aliphatic rings. The molecule has 1 fully saturated rings. The minimum Gasteiger partial charge on any atom is -0.481 e. The number of likely N-dealkylation sites (tertiary alicyclic amines) is 1. The van der Waals surface area contributed by atoms with E-state index in [1.165, 1.54) is 12.1 Å². The fraction of sp³-hybridized carbons (Fsp3) is 0.368. The van der Waals surface area contributed by atoms with Crippen LogP contribution in [0, 0.1) is 11.2 Å². The Morgan fingerprint density at radius 2 is 2.04 bits per heavy atom. The first kappa shape index (κ1) is 16.6. The lowest BCUT2D eigenvalue weighted by Gasteiger charge is -2.40. The van der Waals surface area contributed by atoms with Gasteiger partial charge in [0.2, 0.25) is 0 Å². The van der Waals surface area contributed by atoms with E-state index in [1.807, 2.05) is 18.2 Å². The minimum atomic E-state index is -0.829. The molecule has 0 spiro atoms. The molecule has 1 aromatic carbocycles. The average Bonchev–Trinajstić information content (AvgIpc) is 2.58. The molecule has 1 aromatic heterocycles. The molecule has 0 aliphatic carbocycles. The lowest BCUT2D eigenvalue weighted by atomic mass is 9.75. The number of carbonyl (C=O) groups is 1. The maximum atomic E-state index is 13.1. The first-order valence-electron chi connectivity index (χ1n) is 8.18. The second-order valence-corrected chi connectivity index (χ2v) is 6.52. The topological polar surface area (TPSA) is 53.4 Å². The normalized spacial score (nSPS) is 21.5. The van der Waals surface area contributed by atoms with E-state index < -0.39 is 11.4 Å². The molecule has 0 amide bonds. The van der Waals surface area contributed by atoms with Crippen LogP contribution in [0.3, 0.4) is 0 Å². The summed E-state index contributed by atoms with van der Waals surface area (Å²) < 4.78 is 13.1. The van der Waals surface area contributed by atoms with Crippen LogP contribution in [0.15, 0.2) is 48.7 Å². The van der Waals surface area contributed by atoms with Gasteiger partial charge in [0.1, 0.15) is 5.82 Å². The quantitative estimate of drug-likeness (QED) is 0.916. The zero-order valence-corrected chi connectivity index (χ0v) is 13.5. The molecule has 0 saturated carbocycles. The predicted octanol–water partition coefficient (Wildman–Crippen LogP) is 3.13. The second kappa shape index (κ2) is 7.09. The maximum Gasteiger partial charge on any atom is 0.311 e. The van der Waals surface area contributed by atoms with Gasteiger partial charge in [-0.2, -0.15) is 0 Å². The largest absolute Gasteiger partial charge is 0.481 e. The Hall–Kier alpha value is -2.27. The van der Waals surface area contributed by atoms with Gasteiger partial charge in [0.15, 0.2) is 0 Å². The zero-order chi connectivity index (χ0) is 17.0. The van der Waals surface area contributed by atoms with E-state index >= 15 is 0 Å². The van der Waals surface area contributed by atoms with Crippen LogP contribution in [0.5, 0.6) is 0 Å². The SMILES string of the molecule is O=C(O)[C@]1(Cc2ccc(F)cc2)CCCN(Cc2ccccn2)C1. The van der Waals surface area contributed by atoms with Crippen LogP contribution >= 0.6 is 0 Å².